The van der Waals surface area contributed by atoms with Crippen LogP contribution in [-0.4, -0.2) is 51.8 Å². The predicted molar refractivity (Wildman–Crippen MR) is 80.1 cm³/mol. The summed E-state index contributed by atoms with van der Waals surface area (Å²) in [4.78, 5) is 25.5. The summed E-state index contributed by atoms with van der Waals surface area (Å²) in [5.41, 5.74) is -2.38. The molecule has 116 valence electrons. The van der Waals surface area contributed by atoms with Crippen molar-refractivity contribution in [3.05, 3.63) is 0 Å². The zero-order chi connectivity index (χ0) is 15.8. The lowest BCUT2D eigenvalue weighted by Crippen LogP contribution is -2.67. The number of carbonyl (C=O) groups excluding carboxylic acids is 1. The van der Waals surface area contributed by atoms with E-state index in [0.717, 1.165) is 12.2 Å². The molecule has 0 bridgehead atoms. The number of thioether (sulfide) groups is 1. The van der Waals surface area contributed by atoms with E-state index in [1.54, 1.807) is 32.5 Å². The molecule has 0 aromatic carbocycles. The van der Waals surface area contributed by atoms with Gasteiger partial charge in [0.1, 0.15) is 5.60 Å². The van der Waals surface area contributed by atoms with Crippen LogP contribution in [0.4, 0.5) is 4.79 Å². The Morgan fingerprint density at radius 3 is 2.25 bits per heavy atom. The lowest BCUT2D eigenvalue weighted by molar-refractivity contribution is -0.157. The van der Waals surface area contributed by atoms with Gasteiger partial charge < -0.3 is 9.84 Å². The molecular weight excluding hydrogens is 278 g/mol. The van der Waals surface area contributed by atoms with E-state index in [1.807, 2.05) is 13.8 Å². The van der Waals surface area contributed by atoms with Crippen LogP contribution in [0.5, 0.6) is 0 Å². The summed E-state index contributed by atoms with van der Waals surface area (Å²) in [6, 6.07) is 0. The molecule has 6 heteroatoms. The summed E-state index contributed by atoms with van der Waals surface area (Å²) >= 11 is 1.57. The Kier molecular flexibility index (Phi) is 4.69. The molecule has 1 amide bonds. The average Bonchev–Trinajstić information content (AvgIpc) is 2.25. The fourth-order valence-electron chi connectivity index (χ4n) is 2.48. The van der Waals surface area contributed by atoms with Crippen LogP contribution in [0.3, 0.4) is 0 Å². The van der Waals surface area contributed by atoms with Crippen molar-refractivity contribution < 1.29 is 19.4 Å². The van der Waals surface area contributed by atoms with Gasteiger partial charge in [0.15, 0.2) is 5.54 Å². The van der Waals surface area contributed by atoms with E-state index in [2.05, 4.69) is 0 Å². The number of hydrogen-bond donors (Lipinski definition) is 1. The number of aliphatic carboxylic acids is 1. The highest BCUT2D eigenvalue weighted by Crippen LogP contribution is 2.46. The first-order valence-electron chi connectivity index (χ1n) is 6.72. The van der Waals surface area contributed by atoms with Gasteiger partial charge in [0.05, 0.1) is 0 Å². The van der Waals surface area contributed by atoms with Gasteiger partial charge in [-0.3, -0.25) is 4.90 Å². The van der Waals surface area contributed by atoms with Crippen molar-refractivity contribution in [1.82, 2.24) is 4.90 Å². The number of likely N-dealkylation sites (N-methyl/N-ethyl adjacent to an activating group) is 1. The third-order valence-corrected chi connectivity index (χ3v) is 5.01. The van der Waals surface area contributed by atoms with Crippen LogP contribution in [0, 0.1) is 5.41 Å². The van der Waals surface area contributed by atoms with E-state index in [0.29, 0.717) is 5.75 Å². The minimum atomic E-state index is -1.24. The van der Waals surface area contributed by atoms with E-state index < -0.39 is 28.6 Å². The third-order valence-electron chi connectivity index (χ3n) is 3.90. The molecule has 1 saturated heterocycles. The van der Waals surface area contributed by atoms with Crippen molar-refractivity contribution in [2.24, 2.45) is 5.41 Å². The molecular formula is C14H25NO4S. The number of carboxylic acids is 1. The molecule has 1 atom stereocenters. The van der Waals surface area contributed by atoms with Crippen LogP contribution in [0.25, 0.3) is 0 Å². The van der Waals surface area contributed by atoms with Gasteiger partial charge in [0.2, 0.25) is 0 Å². The van der Waals surface area contributed by atoms with Gasteiger partial charge in [0.25, 0.3) is 0 Å². The van der Waals surface area contributed by atoms with Crippen molar-refractivity contribution in [2.75, 3.05) is 18.6 Å². The number of carboxylic acid groups (broad SMARTS) is 1. The van der Waals surface area contributed by atoms with Gasteiger partial charge >= 0.3 is 12.1 Å². The fourth-order valence-corrected chi connectivity index (χ4v) is 4.28. The highest BCUT2D eigenvalue weighted by atomic mass is 32.2. The second-order valence-corrected chi connectivity index (χ2v) is 8.00. The fraction of sp³-hybridized carbons (Fsp3) is 0.857. The number of nitrogens with zero attached hydrogens (tertiary/aromatic N) is 1. The van der Waals surface area contributed by atoms with Crippen molar-refractivity contribution in [3.8, 4) is 0 Å². The van der Waals surface area contributed by atoms with Crippen molar-refractivity contribution in [2.45, 2.75) is 52.2 Å². The molecule has 5 nitrogen and oxygen atoms in total. The Labute approximate surface area is 125 Å². The number of hydrogen-bond acceptors (Lipinski definition) is 4. The summed E-state index contributed by atoms with van der Waals surface area (Å²) in [5, 5.41) is 9.78. The molecule has 1 N–H and O–H groups in total. The monoisotopic (exact) mass is 303 g/mol. The zero-order valence-corrected chi connectivity index (χ0v) is 14.0. The SMILES string of the molecule is CN(C(=O)OC(C)(C)C)C1(C(=O)O)CSCCC1(C)C. The van der Waals surface area contributed by atoms with Gasteiger partial charge in [0, 0.05) is 18.2 Å². The highest BCUT2D eigenvalue weighted by Gasteiger charge is 2.58. The van der Waals surface area contributed by atoms with Crippen LogP contribution in [0.1, 0.15) is 41.0 Å². The molecule has 0 aliphatic carbocycles. The Bertz CT molecular complexity index is 402. The molecule has 0 saturated carbocycles. The second kappa shape index (κ2) is 5.47. The number of ether oxygens (including phenoxy) is 1. The van der Waals surface area contributed by atoms with Crippen LogP contribution in [-0.2, 0) is 9.53 Å². The van der Waals surface area contributed by atoms with Gasteiger partial charge in [-0.05, 0) is 32.9 Å². The van der Waals surface area contributed by atoms with Crippen molar-refractivity contribution in [1.29, 1.82) is 0 Å². The first-order valence-corrected chi connectivity index (χ1v) is 7.87. The highest BCUT2D eigenvalue weighted by molar-refractivity contribution is 7.99. The van der Waals surface area contributed by atoms with E-state index in [-0.39, 0.29) is 0 Å². The summed E-state index contributed by atoms with van der Waals surface area (Å²) in [5.74, 6) is 0.318. The molecule has 1 aliphatic rings. The molecule has 0 aromatic rings. The van der Waals surface area contributed by atoms with E-state index in [9.17, 15) is 14.7 Å². The predicted octanol–water partition coefficient (Wildman–Crippen LogP) is 2.84. The maximum Gasteiger partial charge on any atom is 0.411 e. The summed E-state index contributed by atoms with van der Waals surface area (Å²) in [6.45, 7) is 9.12. The minimum Gasteiger partial charge on any atom is -0.479 e. The molecule has 1 unspecified atom stereocenters. The smallest absolute Gasteiger partial charge is 0.411 e. The molecule has 1 heterocycles. The lowest BCUT2D eigenvalue weighted by atomic mass is 9.70. The van der Waals surface area contributed by atoms with Crippen LogP contribution in [0.15, 0.2) is 0 Å². The molecule has 1 aliphatic heterocycles. The molecule has 1 rings (SSSR count). The first kappa shape index (κ1) is 17.1. The lowest BCUT2D eigenvalue weighted by Gasteiger charge is -2.51. The number of carbonyl (C=O) groups is 2. The zero-order valence-electron chi connectivity index (χ0n) is 13.1. The average molecular weight is 303 g/mol. The normalized spacial score (nSPS) is 25.9. The van der Waals surface area contributed by atoms with Crippen molar-refractivity contribution in [3.63, 3.8) is 0 Å². The van der Waals surface area contributed by atoms with E-state index in [4.69, 9.17) is 4.74 Å². The van der Waals surface area contributed by atoms with Gasteiger partial charge in [-0.25, -0.2) is 9.59 Å². The topological polar surface area (TPSA) is 66.8 Å². The summed E-state index contributed by atoms with van der Waals surface area (Å²) in [7, 11) is 1.52. The maximum absolute atomic E-state index is 12.3. The Balaban J connectivity index is 3.13. The second-order valence-electron chi connectivity index (χ2n) is 6.89. The molecule has 0 aromatic heterocycles. The molecule has 0 spiro atoms. The standard InChI is InChI=1S/C14H25NO4S/c1-12(2,3)19-11(18)15(6)14(10(16)17)9-20-8-7-13(14,4)5/h7-9H2,1-6H3,(H,16,17). The summed E-state index contributed by atoms with van der Waals surface area (Å²) < 4.78 is 5.34. The number of rotatable bonds is 2. The maximum atomic E-state index is 12.3. The van der Waals surface area contributed by atoms with Gasteiger partial charge in [-0.15, -0.1) is 0 Å². The van der Waals surface area contributed by atoms with Crippen LogP contribution >= 0.6 is 11.8 Å². The van der Waals surface area contributed by atoms with Crippen molar-refractivity contribution >= 4 is 23.8 Å². The molecule has 20 heavy (non-hydrogen) atoms. The van der Waals surface area contributed by atoms with Gasteiger partial charge in [-0.1, -0.05) is 13.8 Å². The van der Waals surface area contributed by atoms with Crippen LogP contribution in [0.2, 0.25) is 0 Å². The molecule has 1 fully saturated rings. The summed E-state index contributed by atoms with van der Waals surface area (Å²) in [6.07, 6.45) is 0.160. The minimum absolute atomic E-state index is 0.380. The quantitative estimate of drug-likeness (QED) is 0.849. The molecule has 0 radical (unpaired) electrons. The van der Waals surface area contributed by atoms with Crippen LogP contribution < -0.4 is 0 Å². The first-order chi connectivity index (χ1) is 8.94. The number of amides is 1. The van der Waals surface area contributed by atoms with E-state index >= 15 is 0 Å². The largest absolute Gasteiger partial charge is 0.479 e. The third kappa shape index (κ3) is 3.05. The Hall–Kier alpha value is -0.910. The Morgan fingerprint density at radius 1 is 1.30 bits per heavy atom. The van der Waals surface area contributed by atoms with Gasteiger partial charge in [-0.2, -0.15) is 11.8 Å². The van der Waals surface area contributed by atoms with E-state index in [1.165, 1.54) is 11.9 Å². The Morgan fingerprint density at radius 2 is 1.85 bits per heavy atom.